The fourth-order valence-corrected chi connectivity index (χ4v) is 2.52. The third kappa shape index (κ3) is 5.26. The van der Waals surface area contributed by atoms with Crippen LogP contribution in [0.5, 0.6) is 11.5 Å². The summed E-state index contributed by atoms with van der Waals surface area (Å²) in [5.74, 6) is 0.0637. The van der Waals surface area contributed by atoms with Gasteiger partial charge in [-0.1, -0.05) is 18.2 Å². The number of pyridine rings is 1. The topological polar surface area (TPSA) is 91.6 Å². The van der Waals surface area contributed by atoms with Crippen molar-refractivity contribution in [3.05, 3.63) is 93.8 Å². The summed E-state index contributed by atoms with van der Waals surface area (Å²) in [6, 6.07) is 16.1. The molecule has 3 aromatic rings. The number of ether oxygens (including phenoxy) is 2. The number of carbonyl (C=O) groups excluding carboxylic acids is 1. The maximum absolute atomic E-state index is 12.4. The SMILES string of the molecule is CCOc1cc(/C=C/c2ccccn2)ccc1OC(=O)c1ccc([N+](=O)[O-])cc1. The third-order valence-corrected chi connectivity index (χ3v) is 3.92. The Morgan fingerprint density at radius 1 is 1.07 bits per heavy atom. The van der Waals surface area contributed by atoms with Crippen LogP contribution in [0.2, 0.25) is 0 Å². The molecule has 1 aromatic heterocycles. The largest absolute Gasteiger partial charge is 0.490 e. The molecular formula is C22H18N2O5. The molecule has 7 nitrogen and oxygen atoms in total. The van der Waals surface area contributed by atoms with E-state index in [0.29, 0.717) is 12.4 Å². The van der Waals surface area contributed by atoms with Gasteiger partial charge >= 0.3 is 5.97 Å². The predicted octanol–water partition coefficient (Wildman–Crippen LogP) is 4.78. The van der Waals surface area contributed by atoms with Gasteiger partial charge in [-0.2, -0.15) is 0 Å². The normalized spacial score (nSPS) is 10.7. The predicted molar refractivity (Wildman–Crippen MR) is 109 cm³/mol. The third-order valence-electron chi connectivity index (χ3n) is 3.92. The lowest BCUT2D eigenvalue weighted by Gasteiger charge is -2.11. The molecule has 0 spiro atoms. The summed E-state index contributed by atoms with van der Waals surface area (Å²) >= 11 is 0. The van der Waals surface area contributed by atoms with Gasteiger partial charge in [-0.3, -0.25) is 15.1 Å². The average molecular weight is 390 g/mol. The molecule has 146 valence electrons. The van der Waals surface area contributed by atoms with E-state index in [1.54, 1.807) is 24.4 Å². The summed E-state index contributed by atoms with van der Waals surface area (Å²) in [5.41, 5.74) is 1.78. The number of hydrogen-bond acceptors (Lipinski definition) is 6. The minimum absolute atomic E-state index is 0.0967. The van der Waals surface area contributed by atoms with E-state index in [9.17, 15) is 14.9 Å². The minimum atomic E-state index is -0.627. The second kappa shape index (κ2) is 9.27. The van der Waals surface area contributed by atoms with Gasteiger partial charge in [0.05, 0.1) is 22.8 Å². The van der Waals surface area contributed by atoms with Crippen LogP contribution in [0.15, 0.2) is 66.9 Å². The smallest absolute Gasteiger partial charge is 0.343 e. The van der Waals surface area contributed by atoms with E-state index < -0.39 is 10.9 Å². The van der Waals surface area contributed by atoms with Crippen LogP contribution in [0.3, 0.4) is 0 Å². The average Bonchev–Trinajstić information content (AvgIpc) is 2.74. The molecule has 0 aliphatic rings. The van der Waals surface area contributed by atoms with Crippen molar-refractivity contribution in [1.82, 2.24) is 4.98 Å². The van der Waals surface area contributed by atoms with Gasteiger partial charge in [0.2, 0.25) is 0 Å². The van der Waals surface area contributed by atoms with E-state index >= 15 is 0 Å². The van der Waals surface area contributed by atoms with Crippen LogP contribution in [0.25, 0.3) is 12.2 Å². The molecule has 29 heavy (non-hydrogen) atoms. The number of nitro benzene ring substituents is 1. The van der Waals surface area contributed by atoms with E-state index in [1.165, 1.54) is 24.3 Å². The second-order valence-corrected chi connectivity index (χ2v) is 5.92. The van der Waals surface area contributed by atoms with E-state index in [2.05, 4.69) is 4.98 Å². The monoisotopic (exact) mass is 390 g/mol. The van der Waals surface area contributed by atoms with Crippen LogP contribution in [-0.2, 0) is 0 Å². The Morgan fingerprint density at radius 2 is 1.86 bits per heavy atom. The number of hydrogen-bond donors (Lipinski definition) is 0. The lowest BCUT2D eigenvalue weighted by molar-refractivity contribution is -0.384. The number of aromatic nitrogens is 1. The number of rotatable bonds is 7. The molecule has 7 heteroatoms. The van der Waals surface area contributed by atoms with Crippen molar-refractivity contribution in [3.63, 3.8) is 0 Å². The second-order valence-electron chi connectivity index (χ2n) is 5.92. The van der Waals surface area contributed by atoms with Crippen molar-refractivity contribution >= 4 is 23.8 Å². The van der Waals surface area contributed by atoms with E-state index in [1.807, 2.05) is 37.3 Å². The Hall–Kier alpha value is -4.00. The molecule has 3 rings (SSSR count). The number of non-ortho nitro benzene ring substituents is 1. The van der Waals surface area contributed by atoms with E-state index in [0.717, 1.165) is 11.3 Å². The fourth-order valence-electron chi connectivity index (χ4n) is 2.52. The first-order valence-corrected chi connectivity index (χ1v) is 8.89. The van der Waals surface area contributed by atoms with Crippen molar-refractivity contribution in [2.75, 3.05) is 6.61 Å². The van der Waals surface area contributed by atoms with E-state index in [-0.39, 0.29) is 17.0 Å². The number of carbonyl (C=O) groups is 1. The van der Waals surface area contributed by atoms with Crippen molar-refractivity contribution in [3.8, 4) is 11.5 Å². The summed E-state index contributed by atoms with van der Waals surface area (Å²) in [4.78, 5) is 26.8. The Morgan fingerprint density at radius 3 is 2.52 bits per heavy atom. The molecule has 0 unspecified atom stereocenters. The van der Waals surface area contributed by atoms with Gasteiger partial charge in [0.1, 0.15) is 0 Å². The number of nitro groups is 1. The lowest BCUT2D eigenvalue weighted by Crippen LogP contribution is -2.09. The summed E-state index contributed by atoms with van der Waals surface area (Å²) in [7, 11) is 0. The van der Waals surface area contributed by atoms with Gasteiger partial charge in [-0.15, -0.1) is 0 Å². The van der Waals surface area contributed by atoms with Gasteiger partial charge in [-0.05, 0) is 55.0 Å². The molecule has 0 saturated carbocycles. The molecule has 0 saturated heterocycles. The van der Waals surface area contributed by atoms with Gasteiger partial charge in [0.15, 0.2) is 11.5 Å². The first-order valence-electron chi connectivity index (χ1n) is 8.89. The molecule has 0 aliphatic carbocycles. The Balaban J connectivity index is 1.78. The highest BCUT2D eigenvalue weighted by Crippen LogP contribution is 2.30. The Labute approximate surface area is 167 Å². The summed E-state index contributed by atoms with van der Waals surface area (Å²) < 4.78 is 11.0. The molecule has 0 bridgehead atoms. The molecule has 1 heterocycles. The highest BCUT2D eigenvalue weighted by atomic mass is 16.6. The maximum Gasteiger partial charge on any atom is 0.343 e. The van der Waals surface area contributed by atoms with Gasteiger partial charge in [0, 0.05) is 18.3 Å². The van der Waals surface area contributed by atoms with Crippen LogP contribution >= 0.6 is 0 Å². The fraction of sp³-hybridized carbons (Fsp3) is 0.0909. The molecule has 0 N–H and O–H groups in total. The lowest BCUT2D eigenvalue weighted by atomic mass is 10.1. The van der Waals surface area contributed by atoms with Crippen LogP contribution in [0.4, 0.5) is 5.69 Å². The van der Waals surface area contributed by atoms with Crippen molar-refractivity contribution in [2.45, 2.75) is 6.92 Å². The first kappa shape index (κ1) is 19.8. The molecule has 2 aromatic carbocycles. The van der Waals surface area contributed by atoms with Crippen LogP contribution in [0, 0.1) is 10.1 Å². The summed E-state index contributed by atoms with van der Waals surface area (Å²) in [6.07, 6.45) is 5.46. The Kier molecular flexibility index (Phi) is 6.32. The zero-order valence-electron chi connectivity index (χ0n) is 15.6. The highest BCUT2D eigenvalue weighted by molar-refractivity contribution is 5.91. The van der Waals surface area contributed by atoms with Crippen molar-refractivity contribution < 1.29 is 19.2 Å². The van der Waals surface area contributed by atoms with Crippen molar-refractivity contribution in [1.29, 1.82) is 0 Å². The van der Waals surface area contributed by atoms with E-state index in [4.69, 9.17) is 9.47 Å². The standard InChI is InChI=1S/C22H18N2O5/c1-2-28-21-15-16(6-10-18-5-3-4-14-23-18)7-13-20(21)29-22(25)17-8-11-19(12-9-17)24(26)27/h3-15H,2H2,1H3/b10-6+. The van der Waals surface area contributed by atoms with Crippen LogP contribution < -0.4 is 9.47 Å². The highest BCUT2D eigenvalue weighted by Gasteiger charge is 2.14. The molecule has 0 fully saturated rings. The maximum atomic E-state index is 12.4. The number of benzene rings is 2. The van der Waals surface area contributed by atoms with Gasteiger partial charge in [-0.25, -0.2) is 4.79 Å². The van der Waals surface area contributed by atoms with Gasteiger partial charge in [0.25, 0.3) is 5.69 Å². The van der Waals surface area contributed by atoms with Crippen molar-refractivity contribution in [2.24, 2.45) is 0 Å². The molecule has 0 amide bonds. The summed E-state index contributed by atoms with van der Waals surface area (Å²) in [5, 5.41) is 10.7. The summed E-state index contributed by atoms with van der Waals surface area (Å²) in [6.45, 7) is 2.23. The quantitative estimate of drug-likeness (QED) is 0.250. The zero-order valence-corrected chi connectivity index (χ0v) is 15.6. The van der Waals surface area contributed by atoms with Crippen LogP contribution in [-0.4, -0.2) is 22.5 Å². The number of nitrogens with zero attached hydrogens (tertiary/aromatic N) is 2. The van der Waals surface area contributed by atoms with Gasteiger partial charge < -0.3 is 9.47 Å². The molecule has 0 atom stereocenters. The first-order chi connectivity index (χ1) is 14.1. The molecular weight excluding hydrogens is 372 g/mol. The minimum Gasteiger partial charge on any atom is -0.490 e. The zero-order chi connectivity index (χ0) is 20.6. The molecule has 0 radical (unpaired) electrons. The Bertz CT molecular complexity index is 1030. The molecule has 0 aliphatic heterocycles. The van der Waals surface area contributed by atoms with Crippen LogP contribution in [0.1, 0.15) is 28.5 Å². The number of esters is 1.